The van der Waals surface area contributed by atoms with E-state index in [4.69, 9.17) is 5.73 Å². The van der Waals surface area contributed by atoms with Crippen LogP contribution < -0.4 is 10.6 Å². The summed E-state index contributed by atoms with van der Waals surface area (Å²) >= 11 is 0. The molecule has 2 N–H and O–H groups in total. The van der Waals surface area contributed by atoms with Crippen molar-refractivity contribution < 1.29 is 0 Å². The summed E-state index contributed by atoms with van der Waals surface area (Å²) in [5.41, 5.74) is 10.2. The SMILES string of the molecule is NC1CCN(c2ccnc3c2CCCC3)C1. The van der Waals surface area contributed by atoms with Crippen molar-refractivity contribution in [1.82, 2.24) is 4.98 Å². The van der Waals surface area contributed by atoms with E-state index >= 15 is 0 Å². The van der Waals surface area contributed by atoms with Crippen LogP contribution in [-0.4, -0.2) is 24.1 Å². The van der Waals surface area contributed by atoms with Crippen LogP contribution in [0.3, 0.4) is 0 Å². The van der Waals surface area contributed by atoms with Crippen molar-refractivity contribution in [2.75, 3.05) is 18.0 Å². The Bertz CT molecular complexity index is 389. The maximum absolute atomic E-state index is 5.98. The fourth-order valence-corrected chi connectivity index (χ4v) is 2.91. The molecule has 1 aliphatic carbocycles. The number of nitrogens with zero attached hydrogens (tertiary/aromatic N) is 2. The summed E-state index contributed by atoms with van der Waals surface area (Å²) in [6.07, 6.45) is 8.04. The molecule has 1 fully saturated rings. The van der Waals surface area contributed by atoms with E-state index in [2.05, 4.69) is 16.0 Å². The number of rotatable bonds is 1. The summed E-state index contributed by atoms with van der Waals surface area (Å²) < 4.78 is 0. The molecule has 1 aromatic heterocycles. The van der Waals surface area contributed by atoms with Crippen LogP contribution in [0.15, 0.2) is 12.3 Å². The van der Waals surface area contributed by atoms with E-state index < -0.39 is 0 Å². The Kier molecular flexibility index (Phi) is 2.56. The van der Waals surface area contributed by atoms with E-state index in [0.29, 0.717) is 6.04 Å². The molecular weight excluding hydrogens is 198 g/mol. The summed E-state index contributed by atoms with van der Waals surface area (Å²) in [4.78, 5) is 6.95. The van der Waals surface area contributed by atoms with Crippen LogP contribution in [0.1, 0.15) is 30.5 Å². The molecule has 3 heteroatoms. The number of aryl methyl sites for hydroxylation is 1. The normalized spacial score (nSPS) is 24.6. The Labute approximate surface area is 96.7 Å². The van der Waals surface area contributed by atoms with Gasteiger partial charge in [0.2, 0.25) is 0 Å². The Morgan fingerprint density at radius 2 is 2.19 bits per heavy atom. The molecule has 3 nitrogen and oxygen atoms in total. The van der Waals surface area contributed by atoms with Crippen molar-refractivity contribution in [1.29, 1.82) is 0 Å². The number of pyridine rings is 1. The van der Waals surface area contributed by atoms with Gasteiger partial charge in [0.15, 0.2) is 0 Å². The fourth-order valence-electron chi connectivity index (χ4n) is 2.91. The second-order valence-electron chi connectivity index (χ2n) is 4.96. The predicted octanol–water partition coefficient (Wildman–Crippen LogP) is 1.50. The van der Waals surface area contributed by atoms with Gasteiger partial charge in [0.05, 0.1) is 0 Å². The summed E-state index contributed by atoms with van der Waals surface area (Å²) in [7, 11) is 0. The molecule has 1 saturated heterocycles. The first-order valence-electron chi connectivity index (χ1n) is 6.32. The van der Waals surface area contributed by atoms with Crippen LogP contribution in [0.2, 0.25) is 0 Å². The van der Waals surface area contributed by atoms with E-state index in [1.165, 1.54) is 36.2 Å². The van der Waals surface area contributed by atoms with E-state index in [9.17, 15) is 0 Å². The third-order valence-corrected chi connectivity index (χ3v) is 3.78. The molecule has 2 aliphatic rings. The van der Waals surface area contributed by atoms with Crippen LogP contribution >= 0.6 is 0 Å². The topological polar surface area (TPSA) is 42.1 Å². The Morgan fingerprint density at radius 1 is 1.31 bits per heavy atom. The molecule has 0 saturated carbocycles. The van der Waals surface area contributed by atoms with Crippen LogP contribution in [0.5, 0.6) is 0 Å². The van der Waals surface area contributed by atoms with Gasteiger partial charge in [-0.05, 0) is 43.7 Å². The number of anilines is 1. The van der Waals surface area contributed by atoms with Crippen LogP contribution in [0, 0.1) is 0 Å². The Morgan fingerprint density at radius 3 is 3.00 bits per heavy atom. The Balaban J connectivity index is 1.94. The lowest BCUT2D eigenvalue weighted by Crippen LogP contribution is -2.27. The highest BCUT2D eigenvalue weighted by Crippen LogP contribution is 2.30. The van der Waals surface area contributed by atoms with Gasteiger partial charge in [0, 0.05) is 36.7 Å². The smallest absolute Gasteiger partial charge is 0.0456 e. The first kappa shape index (κ1) is 10.1. The highest BCUT2D eigenvalue weighted by Gasteiger charge is 2.23. The van der Waals surface area contributed by atoms with Gasteiger partial charge in [-0.3, -0.25) is 4.98 Å². The minimum Gasteiger partial charge on any atom is -0.370 e. The summed E-state index contributed by atoms with van der Waals surface area (Å²) in [6, 6.07) is 2.52. The summed E-state index contributed by atoms with van der Waals surface area (Å²) in [6.45, 7) is 2.12. The van der Waals surface area contributed by atoms with Crippen molar-refractivity contribution in [3.05, 3.63) is 23.5 Å². The largest absolute Gasteiger partial charge is 0.370 e. The number of hydrogen-bond donors (Lipinski definition) is 1. The molecule has 0 radical (unpaired) electrons. The lowest BCUT2D eigenvalue weighted by molar-refractivity contribution is 0.665. The predicted molar refractivity (Wildman–Crippen MR) is 65.7 cm³/mol. The third kappa shape index (κ3) is 1.69. The average Bonchev–Trinajstić information content (AvgIpc) is 2.75. The highest BCUT2D eigenvalue weighted by atomic mass is 15.2. The molecule has 0 aromatic carbocycles. The van der Waals surface area contributed by atoms with Crippen molar-refractivity contribution >= 4 is 5.69 Å². The second-order valence-corrected chi connectivity index (χ2v) is 4.96. The lowest BCUT2D eigenvalue weighted by atomic mass is 9.94. The van der Waals surface area contributed by atoms with Gasteiger partial charge in [0.1, 0.15) is 0 Å². The standard InChI is InChI=1S/C13H19N3/c14-10-6-8-16(9-10)13-5-7-15-12-4-2-1-3-11(12)13/h5,7,10H,1-4,6,8-9,14H2. The van der Waals surface area contributed by atoms with Crippen molar-refractivity contribution in [2.24, 2.45) is 5.73 Å². The molecule has 1 atom stereocenters. The summed E-state index contributed by atoms with van der Waals surface area (Å²) in [5, 5.41) is 0. The van der Waals surface area contributed by atoms with E-state index in [1.54, 1.807) is 0 Å². The zero-order valence-electron chi connectivity index (χ0n) is 9.65. The molecule has 0 amide bonds. The zero-order chi connectivity index (χ0) is 11.0. The van der Waals surface area contributed by atoms with Crippen LogP contribution in [0.4, 0.5) is 5.69 Å². The van der Waals surface area contributed by atoms with Crippen molar-refractivity contribution in [3.8, 4) is 0 Å². The van der Waals surface area contributed by atoms with Gasteiger partial charge < -0.3 is 10.6 Å². The summed E-state index contributed by atoms with van der Waals surface area (Å²) in [5.74, 6) is 0. The first-order valence-corrected chi connectivity index (χ1v) is 6.32. The number of aromatic nitrogens is 1. The maximum Gasteiger partial charge on any atom is 0.0456 e. The quantitative estimate of drug-likeness (QED) is 0.775. The number of nitrogens with two attached hydrogens (primary N) is 1. The highest BCUT2D eigenvalue weighted by molar-refractivity contribution is 5.56. The van der Waals surface area contributed by atoms with Gasteiger partial charge in [-0.25, -0.2) is 0 Å². The molecule has 1 aromatic rings. The fraction of sp³-hybridized carbons (Fsp3) is 0.615. The van der Waals surface area contributed by atoms with Gasteiger partial charge in [-0.1, -0.05) is 0 Å². The van der Waals surface area contributed by atoms with Crippen molar-refractivity contribution in [2.45, 2.75) is 38.1 Å². The molecule has 1 aliphatic heterocycles. The zero-order valence-corrected chi connectivity index (χ0v) is 9.65. The molecule has 86 valence electrons. The monoisotopic (exact) mass is 217 g/mol. The maximum atomic E-state index is 5.98. The Hall–Kier alpha value is -1.09. The molecule has 16 heavy (non-hydrogen) atoms. The van der Waals surface area contributed by atoms with Gasteiger partial charge in [-0.15, -0.1) is 0 Å². The molecule has 3 rings (SSSR count). The minimum atomic E-state index is 0.354. The third-order valence-electron chi connectivity index (χ3n) is 3.78. The molecule has 0 bridgehead atoms. The van der Waals surface area contributed by atoms with E-state index in [-0.39, 0.29) is 0 Å². The number of fused-ring (bicyclic) bond motifs is 1. The van der Waals surface area contributed by atoms with Gasteiger partial charge >= 0.3 is 0 Å². The van der Waals surface area contributed by atoms with E-state index in [1.807, 2.05) is 6.20 Å². The van der Waals surface area contributed by atoms with Gasteiger partial charge in [0.25, 0.3) is 0 Å². The number of hydrogen-bond acceptors (Lipinski definition) is 3. The lowest BCUT2D eigenvalue weighted by Gasteiger charge is -2.25. The van der Waals surface area contributed by atoms with Crippen LogP contribution in [0.25, 0.3) is 0 Å². The second kappa shape index (κ2) is 4.06. The average molecular weight is 217 g/mol. The van der Waals surface area contributed by atoms with E-state index in [0.717, 1.165) is 25.9 Å². The minimum absolute atomic E-state index is 0.354. The van der Waals surface area contributed by atoms with Crippen LogP contribution in [-0.2, 0) is 12.8 Å². The molecule has 1 unspecified atom stereocenters. The molecular formula is C13H19N3. The van der Waals surface area contributed by atoms with Crippen molar-refractivity contribution in [3.63, 3.8) is 0 Å². The first-order chi connectivity index (χ1) is 7.84. The molecule has 2 heterocycles. The molecule has 0 spiro atoms. The van der Waals surface area contributed by atoms with Gasteiger partial charge in [-0.2, -0.15) is 0 Å².